The molecule has 0 aliphatic heterocycles. The largest absolute Gasteiger partial charge is 5.00 e. The van der Waals surface area contributed by atoms with Gasteiger partial charge >= 0.3 is 48.2 Å². The molecule has 0 atom stereocenters. The monoisotopic (exact) mass is 442 g/mol. The maximum absolute atomic E-state index is 0. The molecule has 0 aromatic rings. The van der Waals surface area contributed by atoms with E-state index in [0.29, 0.717) is 0 Å². The molecule has 7 heavy (non-hydrogen) atoms. The van der Waals surface area contributed by atoms with E-state index in [1.54, 1.807) is 0 Å². The van der Waals surface area contributed by atoms with Crippen molar-refractivity contribution in [2.75, 3.05) is 0 Å². The molecule has 0 radical (unpaired) electrons. The van der Waals surface area contributed by atoms with Crippen LogP contribution in [0.2, 0.25) is 0 Å². The Balaban J connectivity index is 0. The summed E-state index contributed by atoms with van der Waals surface area (Å²) in [5.41, 5.74) is 0. The molecule has 0 aliphatic carbocycles. The molecule has 0 saturated heterocycles. The molecule has 1 N–H and O–H groups in total. The maximum Gasteiger partial charge on any atom is 5.00 e. The molecular weight excluding hydrogens is 439 g/mol. The molecule has 0 aromatic heterocycles. The van der Waals surface area contributed by atoms with Gasteiger partial charge in [-0.25, -0.2) is 0 Å². The van der Waals surface area contributed by atoms with Gasteiger partial charge < -0.3 is 27.4 Å². The molecule has 40 valence electrons. The normalized spacial score (nSPS) is 0. The van der Waals surface area contributed by atoms with Crippen molar-refractivity contribution in [1.82, 2.24) is 0 Å². The predicted molar refractivity (Wildman–Crippen MR) is 4.68 cm³/mol. The topological polar surface area (TPSA) is 144 Å². The molecule has 0 aromatic carbocycles. The van der Waals surface area contributed by atoms with Gasteiger partial charge in [0.1, 0.15) is 0 Å². The molecule has 7 heteroatoms. The number of hydrogen-bond donors (Lipinski definition) is 0. The zero-order chi connectivity index (χ0) is 0. The molecule has 5 nitrogen and oxygen atoms in total. The molecule has 0 heterocycles. The van der Waals surface area contributed by atoms with Crippen LogP contribution in [0.15, 0.2) is 0 Å². The minimum atomic E-state index is 0. The summed E-state index contributed by atoms with van der Waals surface area (Å²) in [5, 5.41) is 0. The van der Waals surface area contributed by atoms with Crippen LogP contribution in [0.5, 0.6) is 0 Å². The number of hydrogen-bond acceptors (Lipinski definition) is 1. The summed E-state index contributed by atoms with van der Waals surface area (Å²) >= 11 is 0. The van der Waals surface area contributed by atoms with Crippen LogP contribution >= 0.6 is 0 Å². The molecular formula is HHfO5Ta. The molecule has 0 rings (SSSR count). The van der Waals surface area contributed by atoms with E-state index in [0.717, 1.165) is 0 Å². The van der Waals surface area contributed by atoms with Crippen LogP contribution < -0.4 is 0 Å². The van der Waals surface area contributed by atoms with Crippen LogP contribution in [-0.4, -0.2) is 5.48 Å². The fourth-order valence-electron chi connectivity index (χ4n) is 0. The fraction of sp³-hybridized carbons (Fsp3) is 0. The minimum absolute atomic E-state index is 0. The van der Waals surface area contributed by atoms with Gasteiger partial charge in [0.05, 0.1) is 0 Å². The van der Waals surface area contributed by atoms with Crippen LogP contribution in [0.3, 0.4) is 0 Å². The number of rotatable bonds is 0. The van der Waals surface area contributed by atoms with Crippen LogP contribution in [-0.2, 0) is 70.1 Å². The SMILES string of the molecule is [Hf+4].[O-2].[O-2].[O-2].[O-2].[OH-].[Ta+5]. The summed E-state index contributed by atoms with van der Waals surface area (Å²) in [4.78, 5) is 0. The Hall–Kier alpha value is 1.41. The van der Waals surface area contributed by atoms with Crippen molar-refractivity contribution in [3.63, 3.8) is 0 Å². The quantitative estimate of drug-likeness (QED) is 0.453. The zero-order valence-electron chi connectivity index (χ0n) is 3.03. The molecule has 0 aliphatic rings. The van der Waals surface area contributed by atoms with Gasteiger partial charge in [0.25, 0.3) is 0 Å². The van der Waals surface area contributed by atoms with Crippen LogP contribution in [0.25, 0.3) is 0 Å². The predicted octanol–water partition coefficient (Wildman–Crippen LogP) is -0.657. The standard InChI is InChI=1S/Hf.H2O.4O.Ta/h;1H2;;;;;/q+4;;4*-2;+5/p-1. The zero-order valence-corrected chi connectivity index (χ0v) is 9.83. The first-order valence-electron chi connectivity index (χ1n) is 0. The van der Waals surface area contributed by atoms with Gasteiger partial charge in [-0.3, -0.25) is 0 Å². The Bertz CT molecular complexity index is 8.04. The van der Waals surface area contributed by atoms with Gasteiger partial charge in [0.2, 0.25) is 0 Å². The van der Waals surface area contributed by atoms with Crippen molar-refractivity contribution in [3.05, 3.63) is 0 Å². The third kappa shape index (κ3) is 109. The first-order chi connectivity index (χ1) is 0. The summed E-state index contributed by atoms with van der Waals surface area (Å²) in [6.45, 7) is 0. The first kappa shape index (κ1) is 232. The fourth-order valence-corrected chi connectivity index (χ4v) is 0. The van der Waals surface area contributed by atoms with Crippen molar-refractivity contribution < 1.29 is 75.6 Å². The van der Waals surface area contributed by atoms with E-state index in [4.69, 9.17) is 0 Å². The van der Waals surface area contributed by atoms with Crippen molar-refractivity contribution in [2.45, 2.75) is 0 Å². The smallest absolute Gasteiger partial charge is 2.00 e. The van der Waals surface area contributed by atoms with Crippen LogP contribution in [0.4, 0.5) is 0 Å². The average molecular weight is 440 g/mol. The second kappa shape index (κ2) is 153. The van der Waals surface area contributed by atoms with Gasteiger partial charge in [0, 0.05) is 0 Å². The van der Waals surface area contributed by atoms with Gasteiger partial charge in [-0.15, -0.1) is 0 Å². The van der Waals surface area contributed by atoms with E-state index in [2.05, 4.69) is 0 Å². The Morgan fingerprint density at radius 2 is 0.571 bits per heavy atom. The Morgan fingerprint density at radius 1 is 0.571 bits per heavy atom. The Morgan fingerprint density at radius 3 is 0.571 bits per heavy atom. The molecule has 0 saturated carbocycles. The Labute approximate surface area is 75.3 Å². The summed E-state index contributed by atoms with van der Waals surface area (Å²) < 4.78 is 0. The summed E-state index contributed by atoms with van der Waals surface area (Å²) in [7, 11) is 0. The van der Waals surface area contributed by atoms with E-state index < -0.39 is 0 Å². The molecule has 0 unspecified atom stereocenters. The van der Waals surface area contributed by atoms with E-state index >= 15 is 0 Å². The first-order valence-corrected chi connectivity index (χ1v) is 0. The molecule has 0 bridgehead atoms. The van der Waals surface area contributed by atoms with Crippen molar-refractivity contribution in [1.29, 1.82) is 0 Å². The Kier molecular flexibility index (Phi) is 5080. The van der Waals surface area contributed by atoms with Gasteiger partial charge in [0.15, 0.2) is 0 Å². The second-order valence-corrected chi connectivity index (χ2v) is 0. The van der Waals surface area contributed by atoms with Crippen LogP contribution in [0.1, 0.15) is 0 Å². The average Bonchev–Trinajstić information content (AvgIpc) is 0. The summed E-state index contributed by atoms with van der Waals surface area (Å²) in [6.07, 6.45) is 0. The minimum Gasteiger partial charge on any atom is -2.00 e. The van der Waals surface area contributed by atoms with Gasteiger partial charge in [-0.05, 0) is 0 Å². The second-order valence-electron chi connectivity index (χ2n) is 0. The maximum atomic E-state index is 0. The summed E-state index contributed by atoms with van der Waals surface area (Å²) in [6, 6.07) is 0. The van der Waals surface area contributed by atoms with E-state index in [1.165, 1.54) is 0 Å². The third-order valence-corrected chi connectivity index (χ3v) is 0. The summed E-state index contributed by atoms with van der Waals surface area (Å²) in [5.74, 6) is 0. The van der Waals surface area contributed by atoms with Gasteiger partial charge in [-0.1, -0.05) is 0 Å². The van der Waals surface area contributed by atoms with E-state index in [1.807, 2.05) is 0 Å². The van der Waals surface area contributed by atoms with Crippen molar-refractivity contribution >= 4 is 0 Å². The van der Waals surface area contributed by atoms with Crippen molar-refractivity contribution in [3.8, 4) is 0 Å². The third-order valence-electron chi connectivity index (χ3n) is 0. The van der Waals surface area contributed by atoms with E-state index in [9.17, 15) is 0 Å². The molecule has 0 spiro atoms. The van der Waals surface area contributed by atoms with Crippen molar-refractivity contribution in [2.24, 2.45) is 0 Å². The van der Waals surface area contributed by atoms with Crippen LogP contribution in [0, 0.1) is 0 Å². The molecule has 0 fully saturated rings. The molecule has 0 amide bonds. The van der Waals surface area contributed by atoms with Gasteiger partial charge in [-0.2, -0.15) is 0 Å². The van der Waals surface area contributed by atoms with E-state index in [-0.39, 0.29) is 75.6 Å².